The molecule has 0 aliphatic rings. The van der Waals surface area contributed by atoms with Crippen LogP contribution >= 0.6 is 0 Å². The van der Waals surface area contributed by atoms with Crippen LogP contribution < -0.4 is 0 Å². The maximum absolute atomic E-state index is 12.4. The summed E-state index contributed by atoms with van der Waals surface area (Å²) in [6.45, 7) is 12.0. The maximum atomic E-state index is 12.4. The van der Waals surface area contributed by atoms with Crippen molar-refractivity contribution in [2.75, 3.05) is 13.1 Å². The SMILES string of the molecule is CCN(CC)C(C)C(=O)c1cc(C)ccc1C. The lowest BCUT2D eigenvalue weighted by atomic mass is 9.97. The van der Waals surface area contributed by atoms with Crippen LogP contribution in [0.2, 0.25) is 0 Å². The Morgan fingerprint density at radius 1 is 1.24 bits per heavy atom. The topological polar surface area (TPSA) is 20.3 Å². The Hall–Kier alpha value is -1.15. The van der Waals surface area contributed by atoms with E-state index in [0.29, 0.717) is 0 Å². The maximum Gasteiger partial charge on any atom is 0.179 e. The number of aryl methyl sites for hydroxylation is 2. The Morgan fingerprint density at radius 2 is 1.82 bits per heavy atom. The van der Waals surface area contributed by atoms with Crippen LogP contribution in [0, 0.1) is 13.8 Å². The molecule has 1 aromatic rings. The van der Waals surface area contributed by atoms with Gasteiger partial charge in [-0.1, -0.05) is 31.5 Å². The number of hydrogen-bond donors (Lipinski definition) is 0. The van der Waals surface area contributed by atoms with E-state index in [2.05, 4.69) is 18.7 Å². The molecule has 94 valence electrons. The molecule has 0 N–H and O–H groups in total. The second kappa shape index (κ2) is 5.97. The van der Waals surface area contributed by atoms with Gasteiger partial charge in [-0.2, -0.15) is 0 Å². The van der Waals surface area contributed by atoms with Gasteiger partial charge in [-0.3, -0.25) is 9.69 Å². The van der Waals surface area contributed by atoms with Crippen LogP contribution in [0.3, 0.4) is 0 Å². The van der Waals surface area contributed by atoms with Crippen molar-refractivity contribution in [1.82, 2.24) is 4.90 Å². The molecule has 0 aliphatic carbocycles. The molecule has 0 fully saturated rings. The Labute approximate surface area is 105 Å². The normalized spacial score (nSPS) is 12.8. The third kappa shape index (κ3) is 3.16. The molecule has 0 spiro atoms. The molecule has 17 heavy (non-hydrogen) atoms. The lowest BCUT2D eigenvalue weighted by molar-refractivity contribution is 0.0850. The second-order valence-electron chi connectivity index (χ2n) is 4.58. The van der Waals surface area contributed by atoms with E-state index in [-0.39, 0.29) is 11.8 Å². The summed E-state index contributed by atoms with van der Waals surface area (Å²) in [5.41, 5.74) is 3.08. The van der Waals surface area contributed by atoms with Crippen molar-refractivity contribution < 1.29 is 4.79 Å². The van der Waals surface area contributed by atoms with Gasteiger partial charge in [0.05, 0.1) is 6.04 Å². The molecule has 1 unspecified atom stereocenters. The molecule has 0 aliphatic heterocycles. The lowest BCUT2D eigenvalue weighted by Gasteiger charge is -2.25. The summed E-state index contributed by atoms with van der Waals surface area (Å²) in [5.74, 6) is 0.231. The van der Waals surface area contributed by atoms with Crippen molar-refractivity contribution in [3.8, 4) is 0 Å². The van der Waals surface area contributed by atoms with Crippen LogP contribution in [0.4, 0.5) is 0 Å². The summed E-state index contributed by atoms with van der Waals surface area (Å²) in [4.78, 5) is 14.6. The van der Waals surface area contributed by atoms with E-state index in [1.807, 2.05) is 39.0 Å². The average molecular weight is 233 g/mol. The highest BCUT2D eigenvalue weighted by atomic mass is 16.1. The van der Waals surface area contributed by atoms with Crippen LogP contribution in [0.15, 0.2) is 18.2 Å². The van der Waals surface area contributed by atoms with Gasteiger partial charge >= 0.3 is 0 Å². The van der Waals surface area contributed by atoms with Crippen LogP contribution in [0.25, 0.3) is 0 Å². The molecule has 1 atom stereocenters. The van der Waals surface area contributed by atoms with E-state index in [0.717, 1.165) is 29.8 Å². The van der Waals surface area contributed by atoms with Crippen molar-refractivity contribution >= 4 is 5.78 Å². The Bertz CT molecular complexity index is 394. The van der Waals surface area contributed by atoms with Gasteiger partial charge in [0.2, 0.25) is 0 Å². The number of carbonyl (C=O) groups is 1. The summed E-state index contributed by atoms with van der Waals surface area (Å²) in [7, 11) is 0. The first kappa shape index (κ1) is 13.9. The van der Waals surface area contributed by atoms with Crippen molar-refractivity contribution in [1.29, 1.82) is 0 Å². The van der Waals surface area contributed by atoms with Crippen LogP contribution in [0.1, 0.15) is 42.3 Å². The monoisotopic (exact) mass is 233 g/mol. The van der Waals surface area contributed by atoms with E-state index >= 15 is 0 Å². The molecule has 0 radical (unpaired) electrons. The first-order chi connectivity index (χ1) is 8.01. The van der Waals surface area contributed by atoms with E-state index < -0.39 is 0 Å². The minimum Gasteiger partial charge on any atom is -0.294 e. The number of ketones is 1. The first-order valence-corrected chi connectivity index (χ1v) is 6.36. The quantitative estimate of drug-likeness (QED) is 0.728. The Kier molecular flexibility index (Phi) is 4.88. The van der Waals surface area contributed by atoms with Gasteiger partial charge in [0.25, 0.3) is 0 Å². The summed E-state index contributed by atoms with van der Waals surface area (Å²) in [6, 6.07) is 6.04. The van der Waals surface area contributed by atoms with Crippen molar-refractivity contribution in [3.63, 3.8) is 0 Å². The zero-order valence-corrected chi connectivity index (χ0v) is 11.6. The number of nitrogens with zero attached hydrogens (tertiary/aromatic N) is 1. The van der Waals surface area contributed by atoms with Crippen molar-refractivity contribution in [3.05, 3.63) is 34.9 Å². The third-order valence-electron chi connectivity index (χ3n) is 3.40. The van der Waals surface area contributed by atoms with Gasteiger partial charge in [0, 0.05) is 5.56 Å². The summed E-state index contributed by atoms with van der Waals surface area (Å²) in [5, 5.41) is 0. The molecular formula is C15H23NO. The highest BCUT2D eigenvalue weighted by Gasteiger charge is 2.21. The molecule has 0 heterocycles. The van der Waals surface area contributed by atoms with Crippen molar-refractivity contribution in [2.45, 2.75) is 40.7 Å². The zero-order chi connectivity index (χ0) is 13.0. The van der Waals surface area contributed by atoms with Gasteiger partial charge < -0.3 is 0 Å². The lowest BCUT2D eigenvalue weighted by Crippen LogP contribution is -2.39. The summed E-state index contributed by atoms with van der Waals surface area (Å²) in [6.07, 6.45) is 0. The molecule has 1 rings (SSSR count). The molecule has 1 aromatic carbocycles. The summed E-state index contributed by atoms with van der Waals surface area (Å²) < 4.78 is 0. The highest BCUT2D eigenvalue weighted by Crippen LogP contribution is 2.15. The number of benzene rings is 1. The van der Waals surface area contributed by atoms with E-state index in [4.69, 9.17) is 0 Å². The fourth-order valence-corrected chi connectivity index (χ4v) is 2.16. The van der Waals surface area contributed by atoms with Gasteiger partial charge in [-0.15, -0.1) is 0 Å². The number of likely N-dealkylation sites (N-methyl/N-ethyl adjacent to an activating group) is 1. The number of hydrogen-bond acceptors (Lipinski definition) is 2. The molecule has 0 bridgehead atoms. The summed E-state index contributed by atoms with van der Waals surface area (Å²) >= 11 is 0. The Morgan fingerprint density at radius 3 is 2.35 bits per heavy atom. The minimum absolute atomic E-state index is 0.0366. The predicted octanol–water partition coefficient (Wildman–Crippen LogP) is 3.22. The highest BCUT2D eigenvalue weighted by molar-refractivity contribution is 6.01. The smallest absolute Gasteiger partial charge is 0.179 e. The molecule has 0 aromatic heterocycles. The zero-order valence-electron chi connectivity index (χ0n) is 11.6. The first-order valence-electron chi connectivity index (χ1n) is 6.36. The minimum atomic E-state index is -0.0366. The number of rotatable bonds is 5. The number of Topliss-reactive ketones (excluding diaryl/α,β-unsaturated/α-hetero) is 1. The average Bonchev–Trinajstić information content (AvgIpc) is 2.32. The third-order valence-corrected chi connectivity index (χ3v) is 3.40. The standard InChI is InChI=1S/C15H23NO/c1-6-16(7-2)13(5)15(17)14-10-11(3)8-9-12(14)4/h8-10,13H,6-7H2,1-5H3. The van der Waals surface area contributed by atoms with Crippen LogP contribution in [-0.4, -0.2) is 29.8 Å². The van der Waals surface area contributed by atoms with E-state index in [1.54, 1.807) is 0 Å². The van der Waals surface area contributed by atoms with Gasteiger partial charge in [-0.05, 0) is 45.5 Å². The fraction of sp³-hybridized carbons (Fsp3) is 0.533. The van der Waals surface area contributed by atoms with Crippen LogP contribution in [-0.2, 0) is 0 Å². The largest absolute Gasteiger partial charge is 0.294 e. The van der Waals surface area contributed by atoms with Gasteiger partial charge in [0.1, 0.15) is 0 Å². The second-order valence-corrected chi connectivity index (χ2v) is 4.58. The predicted molar refractivity (Wildman–Crippen MR) is 72.6 cm³/mol. The molecule has 0 amide bonds. The molecule has 0 saturated carbocycles. The molecule has 0 saturated heterocycles. The Balaban J connectivity index is 2.99. The van der Waals surface area contributed by atoms with Crippen molar-refractivity contribution in [2.24, 2.45) is 0 Å². The molecule has 2 heteroatoms. The number of carbonyl (C=O) groups excluding carboxylic acids is 1. The molecule has 2 nitrogen and oxygen atoms in total. The van der Waals surface area contributed by atoms with Gasteiger partial charge in [-0.25, -0.2) is 0 Å². The van der Waals surface area contributed by atoms with E-state index in [1.165, 1.54) is 0 Å². The molecular weight excluding hydrogens is 210 g/mol. The van der Waals surface area contributed by atoms with Crippen LogP contribution in [0.5, 0.6) is 0 Å². The van der Waals surface area contributed by atoms with E-state index in [9.17, 15) is 4.79 Å². The van der Waals surface area contributed by atoms with Gasteiger partial charge in [0.15, 0.2) is 5.78 Å². The fourth-order valence-electron chi connectivity index (χ4n) is 2.16.